The predicted octanol–water partition coefficient (Wildman–Crippen LogP) is 5.87. The van der Waals surface area contributed by atoms with Crippen LogP contribution in [0.1, 0.15) is 27.8 Å². The molecular weight excluding hydrogens is 264 g/mol. The van der Waals surface area contributed by atoms with Crippen molar-refractivity contribution in [1.82, 2.24) is 0 Å². The van der Waals surface area contributed by atoms with Crippen molar-refractivity contribution in [2.75, 3.05) is 0 Å². The van der Waals surface area contributed by atoms with Crippen molar-refractivity contribution < 1.29 is 0 Å². The molecule has 0 fully saturated rings. The van der Waals surface area contributed by atoms with Crippen molar-refractivity contribution in [3.05, 3.63) is 94.5 Å². The highest BCUT2D eigenvalue weighted by atomic mass is 14.1. The second-order valence-corrected chi connectivity index (χ2v) is 6.01. The molecule has 0 radical (unpaired) electrons. The molecule has 0 atom stereocenters. The fourth-order valence-corrected chi connectivity index (χ4v) is 2.99. The van der Waals surface area contributed by atoms with E-state index in [-0.39, 0.29) is 0 Å². The molecule has 0 unspecified atom stereocenters. The first-order chi connectivity index (χ1) is 10.7. The Morgan fingerprint density at radius 1 is 0.545 bits per heavy atom. The zero-order valence-electron chi connectivity index (χ0n) is 13.6. The molecule has 0 saturated carbocycles. The third-order valence-electron chi connectivity index (χ3n) is 4.55. The molecule has 0 heterocycles. The zero-order valence-corrected chi connectivity index (χ0v) is 13.6. The molecule has 3 aromatic rings. The minimum absolute atomic E-state index is 0.982. The van der Waals surface area contributed by atoms with Gasteiger partial charge >= 0.3 is 0 Å². The fourth-order valence-electron chi connectivity index (χ4n) is 2.99. The Bertz CT molecular complexity index is 797. The molecule has 0 nitrogen and oxygen atoms in total. The van der Waals surface area contributed by atoms with E-state index in [0.717, 1.165) is 6.42 Å². The summed E-state index contributed by atoms with van der Waals surface area (Å²) in [6, 6.07) is 24.0. The molecule has 3 rings (SSSR count). The van der Waals surface area contributed by atoms with Crippen molar-refractivity contribution >= 4 is 0 Å². The largest absolute Gasteiger partial charge is 0.0620 e. The molecule has 0 aliphatic carbocycles. The maximum Gasteiger partial charge on any atom is -0.00170 e. The van der Waals surface area contributed by atoms with Gasteiger partial charge in [0.15, 0.2) is 0 Å². The highest BCUT2D eigenvalue weighted by molar-refractivity contribution is 5.72. The quantitative estimate of drug-likeness (QED) is 0.565. The molecule has 0 aromatic heterocycles. The van der Waals surface area contributed by atoms with Crippen molar-refractivity contribution in [2.45, 2.75) is 27.2 Å². The summed E-state index contributed by atoms with van der Waals surface area (Å²) in [5.41, 5.74) is 9.59. The third kappa shape index (κ3) is 2.82. The third-order valence-corrected chi connectivity index (χ3v) is 4.55. The van der Waals surface area contributed by atoms with E-state index in [0.29, 0.717) is 0 Å². The maximum atomic E-state index is 2.25. The van der Waals surface area contributed by atoms with Gasteiger partial charge in [-0.15, -0.1) is 0 Å². The number of benzene rings is 3. The highest BCUT2D eigenvalue weighted by Crippen LogP contribution is 2.30. The first-order valence-corrected chi connectivity index (χ1v) is 7.86. The Morgan fingerprint density at radius 2 is 1.14 bits per heavy atom. The molecule has 0 aliphatic heterocycles. The van der Waals surface area contributed by atoms with E-state index in [1.807, 2.05) is 0 Å². The minimum Gasteiger partial charge on any atom is -0.0620 e. The maximum absolute atomic E-state index is 2.25. The van der Waals surface area contributed by atoms with Crippen LogP contribution >= 0.6 is 0 Å². The van der Waals surface area contributed by atoms with Gasteiger partial charge < -0.3 is 0 Å². The van der Waals surface area contributed by atoms with E-state index < -0.39 is 0 Å². The topological polar surface area (TPSA) is 0 Å². The summed E-state index contributed by atoms with van der Waals surface area (Å²) in [5, 5.41) is 0. The summed E-state index contributed by atoms with van der Waals surface area (Å²) in [5.74, 6) is 0. The van der Waals surface area contributed by atoms with Crippen LogP contribution in [-0.4, -0.2) is 0 Å². The molecule has 0 bridgehead atoms. The first kappa shape index (κ1) is 14.6. The average Bonchev–Trinajstić information content (AvgIpc) is 2.53. The van der Waals surface area contributed by atoms with Crippen LogP contribution in [0, 0.1) is 20.8 Å². The molecule has 0 spiro atoms. The fraction of sp³-hybridized carbons (Fsp3) is 0.182. The normalized spacial score (nSPS) is 10.7. The predicted molar refractivity (Wildman–Crippen MR) is 95.3 cm³/mol. The number of rotatable bonds is 3. The standard InChI is InChI=1S/C22H22/c1-16-10-8-14-21(18(16)3)22-13-7-6-12-20(22)15-19-11-5-4-9-17(19)2/h4-14H,15H2,1-3H3. The van der Waals surface area contributed by atoms with Gasteiger partial charge in [-0.25, -0.2) is 0 Å². The lowest BCUT2D eigenvalue weighted by Crippen LogP contribution is -1.96. The van der Waals surface area contributed by atoms with E-state index in [2.05, 4.69) is 87.5 Å². The Labute approximate surface area is 133 Å². The smallest absolute Gasteiger partial charge is 0.00170 e. The lowest BCUT2D eigenvalue weighted by Gasteiger charge is -2.14. The van der Waals surface area contributed by atoms with E-state index >= 15 is 0 Å². The lowest BCUT2D eigenvalue weighted by molar-refractivity contribution is 1.16. The van der Waals surface area contributed by atoms with Crippen LogP contribution in [0.2, 0.25) is 0 Å². The van der Waals surface area contributed by atoms with Crippen LogP contribution < -0.4 is 0 Å². The van der Waals surface area contributed by atoms with Crippen molar-refractivity contribution in [1.29, 1.82) is 0 Å². The number of hydrogen-bond acceptors (Lipinski definition) is 0. The van der Waals surface area contributed by atoms with Gasteiger partial charge in [0, 0.05) is 0 Å². The number of hydrogen-bond donors (Lipinski definition) is 0. The Balaban J connectivity index is 2.08. The van der Waals surface area contributed by atoms with Crippen LogP contribution in [0.25, 0.3) is 11.1 Å². The van der Waals surface area contributed by atoms with Crippen LogP contribution in [-0.2, 0) is 6.42 Å². The second-order valence-electron chi connectivity index (χ2n) is 6.01. The van der Waals surface area contributed by atoms with Crippen LogP contribution in [0.5, 0.6) is 0 Å². The molecule has 0 amide bonds. The Kier molecular flexibility index (Phi) is 4.11. The number of aryl methyl sites for hydroxylation is 2. The minimum atomic E-state index is 0.982. The van der Waals surface area contributed by atoms with Crippen LogP contribution in [0.3, 0.4) is 0 Å². The summed E-state index contributed by atoms with van der Waals surface area (Å²) in [7, 11) is 0. The van der Waals surface area contributed by atoms with Gasteiger partial charge in [0.05, 0.1) is 0 Å². The van der Waals surface area contributed by atoms with Gasteiger partial charge in [-0.2, -0.15) is 0 Å². The molecule has 0 saturated heterocycles. The monoisotopic (exact) mass is 286 g/mol. The summed E-state index contributed by atoms with van der Waals surface area (Å²) < 4.78 is 0. The van der Waals surface area contributed by atoms with Gasteiger partial charge in [0.2, 0.25) is 0 Å². The lowest BCUT2D eigenvalue weighted by atomic mass is 9.90. The molecule has 110 valence electrons. The van der Waals surface area contributed by atoms with Gasteiger partial charge in [-0.05, 0) is 66.1 Å². The summed E-state index contributed by atoms with van der Waals surface area (Å²) in [6.45, 7) is 6.59. The van der Waals surface area contributed by atoms with Crippen molar-refractivity contribution in [2.24, 2.45) is 0 Å². The van der Waals surface area contributed by atoms with Gasteiger partial charge in [0.25, 0.3) is 0 Å². The first-order valence-electron chi connectivity index (χ1n) is 7.86. The molecule has 0 N–H and O–H groups in total. The zero-order chi connectivity index (χ0) is 15.5. The van der Waals surface area contributed by atoms with Gasteiger partial charge in [-0.3, -0.25) is 0 Å². The van der Waals surface area contributed by atoms with Crippen LogP contribution in [0.15, 0.2) is 66.7 Å². The summed E-state index contributed by atoms with van der Waals surface area (Å²) in [6.07, 6.45) is 0.982. The van der Waals surface area contributed by atoms with E-state index in [1.165, 1.54) is 38.9 Å². The summed E-state index contributed by atoms with van der Waals surface area (Å²) in [4.78, 5) is 0. The molecular formula is C22H22. The molecule has 22 heavy (non-hydrogen) atoms. The average molecular weight is 286 g/mol. The van der Waals surface area contributed by atoms with E-state index in [9.17, 15) is 0 Å². The van der Waals surface area contributed by atoms with Gasteiger partial charge in [0.1, 0.15) is 0 Å². The highest BCUT2D eigenvalue weighted by Gasteiger charge is 2.09. The Hall–Kier alpha value is -2.34. The molecule has 3 aromatic carbocycles. The Morgan fingerprint density at radius 3 is 1.91 bits per heavy atom. The molecule has 0 aliphatic rings. The van der Waals surface area contributed by atoms with Crippen molar-refractivity contribution in [3.63, 3.8) is 0 Å². The SMILES string of the molecule is Cc1ccccc1Cc1ccccc1-c1cccc(C)c1C. The van der Waals surface area contributed by atoms with E-state index in [4.69, 9.17) is 0 Å². The van der Waals surface area contributed by atoms with Crippen LogP contribution in [0.4, 0.5) is 0 Å². The molecule has 0 heteroatoms. The van der Waals surface area contributed by atoms with Crippen molar-refractivity contribution in [3.8, 4) is 11.1 Å². The van der Waals surface area contributed by atoms with E-state index in [1.54, 1.807) is 0 Å². The second kappa shape index (κ2) is 6.19. The van der Waals surface area contributed by atoms with Gasteiger partial charge in [-0.1, -0.05) is 66.7 Å². The summed E-state index contributed by atoms with van der Waals surface area (Å²) >= 11 is 0.